The fourth-order valence-electron chi connectivity index (χ4n) is 2.97. The monoisotopic (exact) mass is 492 g/mol. The average molecular weight is 493 g/mol. The normalized spacial score (nSPS) is 13.6. The summed E-state index contributed by atoms with van der Waals surface area (Å²) in [4.78, 5) is 11.5. The van der Waals surface area contributed by atoms with E-state index in [1.807, 2.05) is 0 Å². The van der Waals surface area contributed by atoms with Gasteiger partial charge in [-0.25, -0.2) is 13.1 Å². The number of carbonyl (C=O) groups excluding carboxylic acids is 1. The molecule has 0 saturated carbocycles. The van der Waals surface area contributed by atoms with Gasteiger partial charge in [0, 0.05) is 19.5 Å². The Kier molecular flexibility index (Phi) is 7.52. The summed E-state index contributed by atoms with van der Waals surface area (Å²) in [6.07, 6.45) is -4.38. The van der Waals surface area contributed by atoms with E-state index in [0.29, 0.717) is 42.2 Å². The molecule has 2 aromatic carbocycles. The Hall–Kier alpha value is -2.50. The van der Waals surface area contributed by atoms with Crippen molar-refractivity contribution < 1.29 is 35.9 Å². The molecule has 0 radical (unpaired) electrons. The summed E-state index contributed by atoms with van der Waals surface area (Å²) in [5.74, 6) is 0.605. The first-order valence-corrected chi connectivity index (χ1v) is 11.4. The number of sulfonamides is 1. The zero-order valence-electron chi connectivity index (χ0n) is 16.7. The highest BCUT2D eigenvalue weighted by Gasteiger charge is 2.31. The zero-order valence-corrected chi connectivity index (χ0v) is 18.2. The van der Waals surface area contributed by atoms with Crippen molar-refractivity contribution in [1.29, 1.82) is 0 Å². The van der Waals surface area contributed by atoms with Gasteiger partial charge in [0.15, 0.2) is 11.5 Å². The maximum Gasteiger partial charge on any atom is 0.416 e. The quantitative estimate of drug-likeness (QED) is 0.590. The molecule has 0 atom stereocenters. The van der Waals surface area contributed by atoms with Crippen LogP contribution in [0.2, 0.25) is 5.02 Å². The number of rotatable bonds is 8. The van der Waals surface area contributed by atoms with Crippen molar-refractivity contribution in [3.8, 4) is 11.5 Å². The predicted octanol–water partition coefficient (Wildman–Crippen LogP) is 3.16. The lowest BCUT2D eigenvalue weighted by Gasteiger charge is -2.20. The average Bonchev–Trinajstić information content (AvgIpc) is 2.73. The van der Waals surface area contributed by atoms with Crippen LogP contribution in [0, 0.1) is 0 Å². The first-order chi connectivity index (χ1) is 15.1. The summed E-state index contributed by atoms with van der Waals surface area (Å²) < 4.78 is 75.8. The van der Waals surface area contributed by atoms with Crippen LogP contribution >= 0.6 is 11.6 Å². The molecule has 0 saturated heterocycles. The second-order valence-electron chi connectivity index (χ2n) is 6.88. The van der Waals surface area contributed by atoms with E-state index in [1.165, 1.54) is 0 Å². The van der Waals surface area contributed by atoms with E-state index in [0.717, 1.165) is 23.8 Å². The number of ether oxygens (including phenoxy) is 2. The van der Waals surface area contributed by atoms with Gasteiger partial charge in [-0.3, -0.25) is 4.79 Å². The highest BCUT2D eigenvalue weighted by Crippen LogP contribution is 2.38. The van der Waals surface area contributed by atoms with Gasteiger partial charge in [-0.05, 0) is 42.3 Å². The maximum absolute atomic E-state index is 12.8. The summed E-state index contributed by atoms with van der Waals surface area (Å²) in [7, 11) is -4.19. The van der Waals surface area contributed by atoms with Crippen molar-refractivity contribution in [3.63, 3.8) is 0 Å². The lowest BCUT2D eigenvalue weighted by molar-refractivity contribution is -0.137. The van der Waals surface area contributed by atoms with Crippen molar-refractivity contribution >= 4 is 27.5 Å². The topological polar surface area (TPSA) is 93.7 Å². The Labute approximate surface area is 187 Å². The van der Waals surface area contributed by atoms with Crippen LogP contribution in [0.3, 0.4) is 0 Å². The fraction of sp³-hybridized carbons (Fsp3) is 0.350. The Bertz CT molecular complexity index is 1090. The number of amides is 1. The molecule has 2 N–H and O–H groups in total. The fourth-order valence-corrected chi connectivity index (χ4v) is 4.33. The van der Waals surface area contributed by atoms with Gasteiger partial charge in [0.1, 0.15) is 13.2 Å². The Balaban J connectivity index is 1.46. The SMILES string of the molecule is O=C(CCNS(=O)(=O)c1cccc(C(F)(F)F)c1)NCCc1cc(Cl)c2c(c1)OCCO2. The zero-order chi connectivity index (χ0) is 23.4. The van der Waals surface area contributed by atoms with Crippen molar-refractivity contribution in [2.75, 3.05) is 26.3 Å². The number of alkyl halides is 3. The molecule has 1 aliphatic heterocycles. The molecule has 174 valence electrons. The summed E-state index contributed by atoms with van der Waals surface area (Å²) in [5.41, 5.74) is -0.248. The minimum Gasteiger partial charge on any atom is -0.486 e. The van der Waals surface area contributed by atoms with E-state index in [4.69, 9.17) is 21.1 Å². The molecule has 1 aliphatic rings. The molecule has 2 aromatic rings. The summed E-state index contributed by atoms with van der Waals surface area (Å²) >= 11 is 6.17. The highest BCUT2D eigenvalue weighted by atomic mass is 35.5. The molecule has 12 heteroatoms. The van der Waals surface area contributed by atoms with E-state index >= 15 is 0 Å². The molecule has 1 heterocycles. The Morgan fingerprint density at radius 2 is 1.84 bits per heavy atom. The van der Waals surface area contributed by atoms with Crippen molar-refractivity contribution in [3.05, 3.63) is 52.5 Å². The second kappa shape index (κ2) is 9.97. The van der Waals surface area contributed by atoms with Gasteiger partial charge in [-0.2, -0.15) is 13.2 Å². The van der Waals surface area contributed by atoms with E-state index < -0.39 is 32.6 Å². The number of benzene rings is 2. The number of nitrogens with one attached hydrogen (secondary N) is 2. The van der Waals surface area contributed by atoms with Crippen LogP contribution in [0.4, 0.5) is 13.2 Å². The summed E-state index contributed by atoms with van der Waals surface area (Å²) in [5, 5.41) is 3.06. The standard InChI is InChI=1S/C20H20ClF3N2O5S/c21-16-10-13(11-17-19(16)31-9-8-30-17)4-6-25-18(27)5-7-26-32(28,29)15-3-1-2-14(12-15)20(22,23)24/h1-3,10-12,26H,4-9H2,(H,25,27). The number of carbonyl (C=O) groups is 1. The number of hydrogen-bond acceptors (Lipinski definition) is 5. The Morgan fingerprint density at radius 3 is 2.59 bits per heavy atom. The van der Waals surface area contributed by atoms with Gasteiger partial charge in [0.2, 0.25) is 15.9 Å². The molecule has 7 nitrogen and oxygen atoms in total. The molecule has 0 bridgehead atoms. The van der Waals surface area contributed by atoms with E-state index in [9.17, 15) is 26.4 Å². The maximum atomic E-state index is 12.8. The van der Waals surface area contributed by atoms with E-state index in [2.05, 4.69) is 10.0 Å². The summed E-state index contributed by atoms with van der Waals surface area (Å²) in [6, 6.07) is 6.87. The lowest BCUT2D eigenvalue weighted by atomic mass is 10.1. The molecule has 32 heavy (non-hydrogen) atoms. The van der Waals surface area contributed by atoms with Gasteiger partial charge in [0.25, 0.3) is 0 Å². The van der Waals surface area contributed by atoms with Crippen LogP contribution < -0.4 is 19.5 Å². The minimum atomic E-state index is -4.66. The first kappa shape index (κ1) is 24.1. The lowest BCUT2D eigenvalue weighted by Crippen LogP contribution is -2.31. The molecule has 0 aliphatic carbocycles. The number of halogens is 4. The van der Waals surface area contributed by atoms with Crippen molar-refractivity contribution in [2.24, 2.45) is 0 Å². The van der Waals surface area contributed by atoms with Gasteiger partial charge in [-0.1, -0.05) is 17.7 Å². The van der Waals surface area contributed by atoms with Crippen molar-refractivity contribution in [2.45, 2.75) is 23.9 Å². The molecular formula is C20H20ClF3N2O5S. The smallest absolute Gasteiger partial charge is 0.416 e. The van der Waals surface area contributed by atoms with Gasteiger partial charge < -0.3 is 14.8 Å². The minimum absolute atomic E-state index is 0.180. The van der Waals surface area contributed by atoms with E-state index in [-0.39, 0.29) is 19.5 Å². The number of hydrogen-bond donors (Lipinski definition) is 2. The van der Waals surface area contributed by atoms with Gasteiger partial charge >= 0.3 is 6.18 Å². The Morgan fingerprint density at radius 1 is 1.09 bits per heavy atom. The first-order valence-electron chi connectivity index (χ1n) is 9.58. The molecular weight excluding hydrogens is 473 g/mol. The highest BCUT2D eigenvalue weighted by molar-refractivity contribution is 7.89. The third-order valence-electron chi connectivity index (χ3n) is 4.51. The van der Waals surface area contributed by atoms with E-state index in [1.54, 1.807) is 12.1 Å². The van der Waals surface area contributed by atoms with Gasteiger partial charge in [-0.15, -0.1) is 0 Å². The molecule has 3 rings (SSSR count). The third-order valence-corrected chi connectivity index (χ3v) is 6.25. The van der Waals surface area contributed by atoms with Crippen LogP contribution in [-0.2, 0) is 27.4 Å². The summed E-state index contributed by atoms with van der Waals surface area (Å²) in [6.45, 7) is 0.842. The van der Waals surface area contributed by atoms with Crippen LogP contribution in [0.5, 0.6) is 11.5 Å². The van der Waals surface area contributed by atoms with Gasteiger partial charge in [0.05, 0.1) is 15.5 Å². The molecule has 0 fully saturated rings. The molecule has 0 spiro atoms. The van der Waals surface area contributed by atoms with Crippen molar-refractivity contribution in [1.82, 2.24) is 10.0 Å². The van der Waals surface area contributed by atoms with Crippen LogP contribution in [0.1, 0.15) is 17.5 Å². The van der Waals surface area contributed by atoms with Crippen LogP contribution in [0.15, 0.2) is 41.3 Å². The molecule has 0 unspecified atom stereocenters. The molecule has 0 aromatic heterocycles. The van der Waals surface area contributed by atoms with Crippen LogP contribution in [-0.4, -0.2) is 40.6 Å². The largest absolute Gasteiger partial charge is 0.486 e. The second-order valence-corrected chi connectivity index (χ2v) is 9.05. The third kappa shape index (κ3) is 6.27. The predicted molar refractivity (Wildman–Crippen MR) is 110 cm³/mol. The number of fused-ring (bicyclic) bond motifs is 1. The molecule has 1 amide bonds. The van der Waals surface area contributed by atoms with Crippen LogP contribution in [0.25, 0.3) is 0 Å².